The molecule has 0 radical (unpaired) electrons. The Balaban J connectivity index is 2.18. The van der Waals surface area contributed by atoms with Crippen LogP contribution >= 0.6 is 23.2 Å². The van der Waals surface area contributed by atoms with Crippen LogP contribution in [0, 0.1) is 0 Å². The third-order valence-corrected chi connectivity index (χ3v) is 3.11. The molecule has 0 atom stereocenters. The quantitative estimate of drug-likeness (QED) is 0.909. The summed E-state index contributed by atoms with van der Waals surface area (Å²) in [6, 6.07) is 8.18. The SMILES string of the molecule is NCc1ccc(C(=O)Nc2cccc(Cl)c2Cl)o1. The molecule has 1 heterocycles. The maximum absolute atomic E-state index is 11.9. The van der Waals surface area contributed by atoms with Gasteiger partial charge in [0.05, 0.1) is 22.3 Å². The first-order chi connectivity index (χ1) is 8.61. The van der Waals surface area contributed by atoms with Gasteiger partial charge in [0.15, 0.2) is 5.76 Å². The van der Waals surface area contributed by atoms with E-state index in [0.717, 1.165) is 0 Å². The molecule has 1 aromatic heterocycles. The summed E-state index contributed by atoms with van der Waals surface area (Å²) in [6.07, 6.45) is 0. The van der Waals surface area contributed by atoms with E-state index in [4.69, 9.17) is 33.4 Å². The Morgan fingerprint density at radius 1 is 1.28 bits per heavy atom. The molecule has 0 saturated heterocycles. The molecule has 3 N–H and O–H groups in total. The predicted molar refractivity (Wildman–Crippen MR) is 71.0 cm³/mol. The Bertz CT molecular complexity index is 581. The number of nitrogens with one attached hydrogen (secondary N) is 1. The van der Waals surface area contributed by atoms with Crippen LogP contribution in [0.15, 0.2) is 34.7 Å². The number of halogens is 2. The van der Waals surface area contributed by atoms with Crippen molar-refractivity contribution in [2.75, 3.05) is 5.32 Å². The van der Waals surface area contributed by atoms with Crippen molar-refractivity contribution < 1.29 is 9.21 Å². The molecule has 0 saturated carbocycles. The minimum atomic E-state index is -0.404. The van der Waals surface area contributed by atoms with Gasteiger partial charge in [0.2, 0.25) is 0 Å². The van der Waals surface area contributed by atoms with Gasteiger partial charge in [-0.25, -0.2) is 0 Å². The van der Waals surface area contributed by atoms with Gasteiger partial charge in [-0.2, -0.15) is 0 Å². The van der Waals surface area contributed by atoms with Gasteiger partial charge in [-0.05, 0) is 24.3 Å². The Morgan fingerprint density at radius 2 is 2.06 bits per heavy atom. The van der Waals surface area contributed by atoms with Gasteiger partial charge in [0, 0.05) is 0 Å². The second kappa shape index (κ2) is 5.44. The third-order valence-electron chi connectivity index (χ3n) is 2.29. The highest BCUT2D eigenvalue weighted by atomic mass is 35.5. The number of rotatable bonds is 3. The van der Waals surface area contributed by atoms with Crippen LogP contribution in [-0.4, -0.2) is 5.91 Å². The second-order valence-corrected chi connectivity index (χ2v) is 4.31. The fraction of sp³-hybridized carbons (Fsp3) is 0.0833. The number of nitrogens with two attached hydrogens (primary N) is 1. The summed E-state index contributed by atoms with van der Waals surface area (Å²) in [6.45, 7) is 0.241. The lowest BCUT2D eigenvalue weighted by atomic mass is 10.3. The van der Waals surface area contributed by atoms with Crippen molar-refractivity contribution in [2.24, 2.45) is 5.73 Å². The molecule has 94 valence electrons. The van der Waals surface area contributed by atoms with Gasteiger partial charge in [0.25, 0.3) is 5.91 Å². The van der Waals surface area contributed by atoms with Crippen LogP contribution < -0.4 is 11.1 Å². The number of carbonyl (C=O) groups is 1. The molecule has 0 bridgehead atoms. The van der Waals surface area contributed by atoms with Crippen molar-refractivity contribution >= 4 is 34.8 Å². The van der Waals surface area contributed by atoms with E-state index in [1.165, 1.54) is 0 Å². The van der Waals surface area contributed by atoms with E-state index in [1.54, 1.807) is 30.3 Å². The van der Waals surface area contributed by atoms with E-state index in [9.17, 15) is 4.79 Å². The van der Waals surface area contributed by atoms with Gasteiger partial charge in [-0.1, -0.05) is 29.3 Å². The molecule has 1 aromatic carbocycles. The standard InChI is InChI=1S/C12H10Cl2N2O2/c13-8-2-1-3-9(11(8)14)16-12(17)10-5-4-7(6-15)18-10/h1-5H,6,15H2,(H,16,17). The molecule has 2 aromatic rings. The lowest BCUT2D eigenvalue weighted by Gasteiger charge is -2.06. The average Bonchev–Trinajstić information content (AvgIpc) is 2.83. The van der Waals surface area contributed by atoms with Crippen molar-refractivity contribution in [2.45, 2.75) is 6.54 Å². The average molecular weight is 285 g/mol. The van der Waals surface area contributed by atoms with Crippen LogP contribution in [-0.2, 0) is 6.54 Å². The molecule has 4 nitrogen and oxygen atoms in total. The molecule has 1 amide bonds. The highest BCUT2D eigenvalue weighted by Gasteiger charge is 2.13. The first-order valence-corrected chi connectivity index (χ1v) is 5.91. The zero-order valence-electron chi connectivity index (χ0n) is 9.24. The number of anilines is 1. The molecule has 18 heavy (non-hydrogen) atoms. The maximum Gasteiger partial charge on any atom is 0.291 e. The Morgan fingerprint density at radius 3 is 2.72 bits per heavy atom. The Hall–Kier alpha value is -1.49. The smallest absolute Gasteiger partial charge is 0.291 e. The lowest BCUT2D eigenvalue weighted by molar-refractivity contribution is 0.0995. The van der Waals surface area contributed by atoms with E-state index >= 15 is 0 Å². The molecular formula is C12H10Cl2N2O2. The van der Waals surface area contributed by atoms with Crippen LogP contribution in [0.4, 0.5) is 5.69 Å². The molecule has 0 spiro atoms. The number of hydrogen-bond donors (Lipinski definition) is 2. The van der Waals surface area contributed by atoms with Crippen LogP contribution in [0.2, 0.25) is 10.0 Å². The van der Waals surface area contributed by atoms with Gasteiger partial charge < -0.3 is 15.5 Å². The van der Waals surface area contributed by atoms with E-state index in [1.807, 2.05) is 0 Å². The fourth-order valence-corrected chi connectivity index (χ4v) is 1.74. The lowest BCUT2D eigenvalue weighted by Crippen LogP contribution is -2.11. The summed E-state index contributed by atoms with van der Waals surface area (Å²) in [5.41, 5.74) is 5.83. The molecule has 2 rings (SSSR count). The maximum atomic E-state index is 11.9. The topological polar surface area (TPSA) is 68.3 Å². The molecule has 0 fully saturated rings. The van der Waals surface area contributed by atoms with E-state index in [2.05, 4.69) is 5.32 Å². The fourth-order valence-electron chi connectivity index (χ4n) is 1.39. The van der Waals surface area contributed by atoms with Gasteiger partial charge in [-0.3, -0.25) is 4.79 Å². The van der Waals surface area contributed by atoms with Gasteiger partial charge in [-0.15, -0.1) is 0 Å². The van der Waals surface area contributed by atoms with E-state index in [0.29, 0.717) is 16.5 Å². The van der Waals surface area contributed by atoms with Crippen LogP contribution in [0.3, 0.4) is 0 Å². The molecule has 6 heteroatoms. The van der Waals surface area contributed by atoms with E-state index < -0.39 is 5.91 Å². The monoisotopic (exact) mass is 284 g/mol. The van der Waals surface area contributed by atoms with Gasteiger partial charge >= 0.3 is 0 Å². The highest BCUT2D eigenvalue weighted by molar-refractivity contribution is 6.44. The Kier molecular flexibility index (Phi) is 3.91. The van der Waals surface area contributed by atoms with Crippen molar-refractivity contribution in [1.82, 2.24) is 0 Å². The number of benzene rings is 1. The van der Waals surface area contributed by atoms with E-state index in [-0.39, 0.29) is 17.3 Å². The van der Waals surface area contributed by atoms with Crippen LogP contribution in [0.1, 0.15) is 16.3 Å². The highest BCUT2D eigenvalue weighted by Crippen LogP contribution is 2.29. The predicted octanol–water partition coefficient (Wildman–Crippen LogP) is 3.30. The zero-order chi connectivity index (χ0) is 13.1. The second-order valence-electron chi connectivity index (χ2n) is 3.53. The summed E-state index contributed by atoms with van der Waals surface area (Å²) < 4.78 is 5.22. The third kappa shape index (κ3) is 2.67. The summed E-state index contributed by atoms with van der Waals surface area (Å²) in [5.74, 6) is 0.308. The van der Waals surface area contributed by atoms with Crippen molar-refractivity contribution in [3.63, 3.8) is 0 Å². The molecule has 0 unspecified atom stereocenters. The van der Waals surface area contributed by atoms with Crippen molar-refractivity contribution in [3.8, 4) is 0 Å². The normalized spacial score (nSPS) is 10.4. The minimum absolute atomic E-state index is 0.173. The van der Waals surface area contributed by atoms with Crippen LogP contribution in [0.25, 0.3) is 0 Å². The first kappa shape index (κ1) is 13.0. The summed E-state index contributed by atoms with van der Waals surface area (Å²) in [4.78, 5) is 11.9. The van der Waals surface area contributed by atoms with Crippen molar-refractivity contribution in [1.29, 1.82) is 0 Å². The molecular weight excluding hydrogens is 275 g/mol. The number of hydrogen-bond acceptors (Lipinski definition) is 3. The largest absolute Gasteiger partial charge is 0.455 e. The Labute approximate surface area is 114 Å². The summed E-state index contributed by atoms with van der Waals surface area (Å²) >= 11 is 11.8. The zero-order valence-corrected chi connectivity index (χ0v) is 10.8. The van der Waals surface area contributed by atoms with Crippen molar-refractivity contribution in [3.05, 3.63) is 51.9 Å². The summed E-state index contributed by atoms with van der Waals surface area (Å²) in [7, 11) is 0. The number of carbonyl (C=O) groups excluding carboxylic acids is 1. The number of furan rings is 1. The minimum Gasteiger partial charge on any atom is -0.455 e. The summed E-state index contributed by atoms with van der Waals surface area (Å²) in [5, 5.41) is 3.28. The molecule has 0 aliphatic rings. The first-order valence-electron chi connectivity index (χ1n) is 5.16. The number of amides is 1. The molecule has 0 aliphatic heterocycles. The molecule has 0 aliphatic carbocycles. The van der Waals surface area contributed by atoms with Gasteiger partial charge in [0.1, 0.15) is 5.76 Å². The van der Waals surface area contributed by atoms with Crippen LogP contribution in [0.5, 0.6) is 0 Å².